The molecule has 21 heavy (non-hydrogen) atoms. The van der Waals surface area contributed by atoms with Crippen LogP contribution in [0, 0.1) is 5.92 Å². The van der Waals surface area contributed by atoms with Gasteiger partial charge in [0.05, 0.1) is 0 Å². The van der Waals surface area contributed by atoms with Crippen LogP contribution in [0.25, 0.3) is 0 Å². The van der Waals surface area contributed by atoms with Crippen LogP contribution in [0.5, 0.6) is 5.75 Å². The fraction of sp³-hybridized carbons (Fsp3) is 0.588. The second kappa shape index (κ2) is 8.03. The minimum atomic E-state index is -0.228. The molecule has 1 N–H and O–H groups in total. The van der Waals surface area contributed by atoms with Crippen LogP contribution in [0.2, 0.25) is 0 Å². The third-order valence-electron chi connectivity index (χ3n) is 4.12. The Morgan fingerprint density at radius 1 is 1.33 bits per heavy atom. The fourth-order valence-electron chi connectivity index (χ4n) is 2.86. The zero-order chi connectivity index (χ0) is 15.1. The van der Waals surface area contributed by atoms with E-state index in [4.69, 9.17) is 4.74 Å². The third-order valence-corrected chi connectivity index (χ3v) is 4.12. The van der Waals surface area contributed by atoms with Crippen molar-refractivity contribution in [2.24, 2.45) is 5.92 Å². The van der Waals surface area contributed by atoms with Crippen molar-refractivity contribution >= 4 is 6.09 Å². The average Bonchev–Trinajstić information content (AvgIpc) is 2.53. The maximum absolute atomic E-state index is 12.2. The summed E-state index contributed by atoms with van der Waals surface area (Å²) in [7, 11) is 0. The summed E-state index contributed by atoms with van der Waals surface area (Å²) in [5, 5.41) is 3.60. The first kappa shape index (κ1) is 15.8. The van der Waals surface area contributed by atoms with Gasteiger partial charge in [-0.1, -0.05) is 38.5 Å². The second-order valence-electron chi connectivity index (χ2n) is 5.64. The molecule has 0 radical (unpaired) electrons. The van der Waals surface area contributed by atoms with Crippen LogP contribution in [0.4, 0.5) is 4.79 Å². The van der Waals surface area contributed by atoms with Crippen molar-refractivity contribution in [3.05, 3.63) is 30.3 Å². The number of nitrogens with zero attached hydrogens (tertiary/aromatic N) is 1. The van der Waals surface area contributed by atoms with Crippen molar-refractivity contribution in [1.82, 2.24) is 10.2 Å². The Morgan fingerprint density at radius 2 is 2.10 bits per heavy atom. The second-order valence-corrected chi connectivity index (χ2v) is 5.64. The highest BCUT2D eigenvalue weighted by Crippen LogP contribution is 2.21. The van der Waals surface area contributed by atoms with E-state index in [-0.39, 0.29) is 6.09 Å². The van der Waals surface area contributed by atoms with Gasteiger partial charge in [-0.25, -0.2) is 4.79 Å². The zero-order valence-electron chi connectivity index (χ0n) is 13.0. The molecule has 0 spiro atoms. The summed E-state index contributed by atoms with van der Waals surface area (Å²) < 4.78 is 5.43. The molecule has 0 aliphatic carbocycles. The first-order chi connectivity index (χ1) is 10.2. The van der Waals surface area contributed by atoms with Crippen molar-refractivity contribution in [2.75, 3.05) is 19.6 Å². The van der Waals surface area contributed by atoms with Gasteiger partial charge in [-0.05, 0) is 37.4 Å². The van der Waals surface area contributed by atoms with Crippen molar-refractivity contribution in [3.63, 3.8) is 0 Å². The SMILES string of the molecule is CCCNC1CCN(C(=O)Oc2ccccc2)CC1CC. The van der Waals surface area contributed by atoms with Gasteiger partial charge in [-0.15, -0.1) is 0 Å². The van der Waals surface area contributed by atoms with Crippen LogP contribution in [0.3, 0.4) is 0 Å². The van der Waals surface area contributed by atoms with E-state index in [2.05, 4.69) is 19.2 Å². The topological polar surface area (TPSA) is 41.6 Å². The summed E-state index contributed by atoms with van der Waals surface area (Å²) in [5.41, 5.74) is 0. The minimum Gasteiger partial charge on any atom is -0.410 e. The van der Waals surface area contributed by atoms with Crippen LogP contribution < -0.4 is 10.1 Å². The molecule has 1 fully saturated rings. The summed E-state index contributed by atoms with van der Waals surface area (Å²) in [6, 6.07) is 9.80. The normalized spacial score (nSPS) is 22.1. The lowest BCUT2D eigenvalue weighted by molar-refractivity contribution is 0.110. The molecule has 2 unspecified atom stereocenters. The molecule has 1 amide bonds. The van der Waals surface area contributed by atoms with E-state index in [1.807, 2.05) is 35.2 Å². The van der Waals surface area contributed by atoms with Crippen molar-refractivity contribution in [2.45, 2.75) is 39.2 Å². The summed E-state index contributed by atoms with van der Waals surface area (Å²) in [6.45, 7) is 6.97. The first-order valence-electron chi connectivity index (χ1n) is 7.99. The number of ether oxygens (including phenoxy) is 1. The van der Waals surface area contributed by atoms with Crippen molar-refractivity contribution < 1.29 is 9.53 Å². The highest BCUT2D eigenvalue weighted by Gasteiger charge is 2.30. The molecule has 0 aromatic heterocycles. The molecule has 2 atom stereocenters. The van der Waals surface area contributed by atoms with Gasteiger partial charge in [0.2, 0.25) is 0 Å². The van der Waals surface area contributed by atoms with Gasteiger partial charge in [-0.2, -0.15) is 0 Å². The highest BCUT2D eigenvalue weighted by atomic mass is 16.6. The van der Waals surface area contributed by atoms with E-state index < -0.39 is 0 Å². The Hall–Kier alpha value is -1.55. The number of carbonyl (C=O) groups is 1. The van der Waals surface area contributed by atoms with Crippen molar-refractivity contribution in [1.29, 1.82) is 0 Å². The lowest BCUT2D eigenvalue weighted by atomic mass is 9.90. The average molecular weight is 290 g/mol. The van der Waals surface area contributed by atoms with Crippen LogP contribution in [-0.2, 0) is 0 Å². The Kier molecular flexibility index (Phi) is 6.05. The molecule has 4 nitrogen and oxygen atoms in total. The fourth-order valence-corrected chi connectivity index (χ4v) is 2.86. The molecular weight excluding hydrogens is 264 g/mol. The molecule has 1 heterocycles. The van der Waals surface area contributed by atoms with Gasteiger partial charge < -0.3 is 15.0 Å². The lowest BCUT2D eigenvalue weighted by Gasteiger charge is -2.38. The van der Waals surface area contributed by atoms with Gasteiger partial charge in [0.1, 0.15) is 5.75 Å². The standard InChI is InChI=1S/C17H26N2O2/c1-3-11-18-16-10-12-19(13-14(16)4-2)17(20)21-15-8-6-5-7-9-15/h5-9,14,16,18H,3-4,10-13H2,1-2H3. The number of amides is 1. The maximum atomic E-state index is 12.2. The van der Waals surface area contributed by atoms with Crippen LogP contribution in [-0.4, -0.2) is 36.7 Å². The molecule has 1 aliphatic rings. The predicted octanol–water partition coefficient (Wildman–Crippen LogP) is 3.29. The number of hydrogen-bond acceptors (Lipinski definition) is 3. The summed E-state index contributed by atoms with van der Waals surface area (Å²) in [5.74, 6) is 1.12. The predicted molar refractivity (Wildman–Crippen MR) is 84.5 cm³/mol. The van der Waals surface area contributed by atoms with Gasteiger partial charge >= 0.3 is 6.09 Å². The number of carbonyl (C=O) groups excluding carboxylic acids is 1. The number of benzene rings is 1. The first-order valence-corrected chi connectivity index (χ1v) is 7.99. The largest absolute Gasteiger partial charge is 0.415 e. The van der Waals surface area contributed by atoms with Crippen LogP contribution >= 0.6 is 0 Å². The Balaban J connectivity index is 1.89. The molecule has 1 aromatic rings. The summed E-state index contributed by atoms with van der Waals surface area (Å²) >= 11 is 0. The number of nitrogens with one attached hydrogen (secondary N) is 1. The van der Waals surface area contributed by atoms with Crippen molar-refractivity contribution in [3.8, 4) is 5.75 Å². The Bertz CT molecular complexity index is 436. The molecule has 4 heteroatoms. The van der Waals surface area contributed by atoms with E-state index in [0.29, 0.717) is 17.7 Å². The molecular formula is C17H26N2O2. The van der Waals surface area contributed by atoms with Gasteiger partial charge in [0, 0.05) is 19.1 Å². The number of rotatable bonds is 5. The number of piperidine rings is 1. The molecule has 2 rings (SSSR count). The number of para-hydroxylation sites is 1. The van der Waals surface area contributed by atoms with Gasteiger partial charge in [0.25, 0.3) is 0 Å². The summed E-state index contributed by atoms with van der Waals surface area (Å²) in [6.07, 6.45) is 3.00. The summed E-state index contributed by atoms with van der Waals surface area (Å²) in [4.78, 5) is 14.1. The molecule has 116 valence electrons. The van der Waals surface area contributed by atoms with E-state index in [0.717, 1.165) is 38.9 Å². The van der Waals surface area contributed by atoms with E-state index in [1.54, 1.807) is 0 Å². The molecule has 1 aromatic carbocycles. The monoisotopic (exact) mass is 290 g/mol. The number of hydrogen-bond donors (Lipinski definition) is 1. The highest BCUT2D eigenvalue weighted by molar-refractivity contribution is 5.70. The van der Waals surface area contributed by atoms with Gasteiger partial charge in [0.15, 0.2) is 0 Å². The Morgan fingerprint density at radius 3 is 2.76 bits per heavy atom. The lowest BCUT2D eigenvalue weighted by Crippen LogP contribution is -2.51. The Labute approximate surface area is 127 Å². The zero-order valence-corrected chi connectivity index (χ0v) is 13.0. The molecule has 1 aliphatic heterocycles. The van der Waals surface area contributed by atoms with E-state index in [1.165, 1.54) is 0 Å². The molecule has 0 bridgehead atoms. The third kappa shape index (κ3) is 4.46. The minimum absolute atomic E-state index is 0.228. The smallest absolute Gasteiger partial charge is 0.410 e. The van der Waals surface area contributed by atoms with Gasteiger partial charge in [-0.3, -0.25) is 0 Å². The molecule has 0 saturated carbocycles. The quantitative estimate of drug-likeness (QED) is 0.905. The molecule has 1 saturated heterocycles. The number of likely N-dealkylation sites (tertiary alicyclic amines) is 1. The van der Waals surface area contributed by atoms with Crippen LogP contribution in [0.1, 0.15) is 33.1 Å². The maximum Gasteiger partial charge on any atom is 0.415 e. The van der Waals surface area contributed by atoms with E-state index in [9.17, 15) is 4.79 Å². The van der Waals surface area contributed by atoms with Crippen LogP contribution in [0.15, 0.2) is 30.3 Å². The van der Waals surface area contributed by atoms with E-state index >= 15 is 0 Å².